The summed E-state index contributed by atoms with van der Waals surface area (Å²) < 4.78 is 34.0. The second-order valence-corrected chi connectivity index (χ2v) is 11.4. The van der Waals surface area contributed by atoms with Crippen molar-refractivity contribution in [2.75, 3.05) is 25.0 Å². The maximum Gasteiger partial charge on any atom is 0.348 e. The van der Waals surface area contributed by atoms with Crippen LogP contribution in [0.5, 0.6) is 0 Å². The van der Waals surface area contributed by atoms with Gasteiger partial charge in [-0.3, -0.25) is 4.79 Å². The number of carbonyl (C=O) groups is 2. The van der Waals surface area contributed by atoms with Crippen LogP contribution in [0.25, 0.3) is 15.9 Å². The third-order valence-corrected chi connectivity index (χ3v) is 8.89. The zero-order valence-corrected chi connectivity index (χ0v) is 21.1. The average molecular weight is 525 g/mol. The van der Waals surface area contributed by atoms with E-state index >= 15 is 0 Å². The van der Waals surface area contributed by atoms with Crippen molar-refractivity contribution in [1.29, 1.82) is 0 Å². The number of esters is 1. The Morgan fingerprint density at radius 1 is 1.06 bits per heavy atom. The molecule has 5 rings (SSSR count). The second kappa shape index (κ2) is 9.84. The molecule has 2 aromatic heterocycles. The summed E-state index contributed by atoms with van der Waals surface area (Å²) in [6.45, 7) is 2.36. The molecule has 36 heavy (non-hydrogen) atoms. The van der Waals surface area contributed by atoms with Gasteiger partial charge in [-0.25, -0.2) is 17.9 Å². The summed E-state index contributed by atoms with van der Waals surface area (Å²) in [5, 5.41) is 8.00. The van der Waals surface area contributed by atoms with Gasteiger partial charge in [-0.05, 0) is 56.2 Å². The van der Waals surface area contributed by atoms with Gasteiger partial charge in [-0.15, -0.1) is 11.3 Å². The van der Waals surface area contributed by atoms with Crippen LogP contribution < -0.4 is 5.32 Å². The van der Waals surface area contributed by atoms with Crippen LogP contribution in [0, 0.1) is 6.92 Å². The zero-order valence-electron chi connectivity index (χ0n) is 19.5. The van der Waals surface area contributed by atoms with Crippen molar-refractivity contribution in [3.8, 4) is 5.69 Å². The van der Waals surface area contributed by atoms with Gasteiger partial charge in [-0.1, -0.05) is 24.3 Å². The Hall–Kier alpha value is -3.54. The van der Waals surface area contributed by atoms with Crippen LogP contribution in [0.1, 0.15) is 28.2 Å². The van der Waals surface area contributed by atoms with E-state index in [1.165, 1.54) is 27.8 Å². The van der Waals surface area contributed by atoms with Crippen molar-refractivity contribution in [2.45, 2.75) is 24.7 Å². The first-order valence-corrected chi connectivity index (χ1v) is 13.7. The number of amides is 1. The fraction of sp³-hybridized carbons (Fsp3) is 0.240. The van der Waals surface area contributed by atoms with Gasteiger partial charge in [0.1, 0.15) is 9.71 Å². The number of hydrogen-bond donors (Lipinski definition) is 1. The number of ether oxygens (including phenoxy) is 1. The average Bonchev–Trinajstić information content (AvgIpc) is 3.62. The molecule has 11 heteroatoms. The van der Waals surface area contributed by atoms with Crippen molar-refractivity contribution >= 4 is 49.1 Å². The monoisotopic (exact) mass is 524 g/mol. The van der Waals surface area contributed by atoms with E-state index in [2.05, 4.69) is 10.4 Å². The van der Waals surface area contributed by atoms with E-state index in [4.69, 9.17) is 4.74 Å². The molecule has 0 spiro atoms. The van der Waals surface area contributed by atoms with Gasteiger partial charge in [0.15, 0.2) is 6.61 Å². The molecule has 0 saturated carbocycles. The molecule has 1 fully saturated rings. The Kier molecular flexibility index (Phi) is 6.61. The minimum absolute atomic E-state index is 0.118. The molecule has 0 atom stereocenters. The molecule has 1 aliphatic heterocycles. The van der Waals surface area contributed by atoms with Crippen LogP contribution in [0.2, 0.25) is 0 Å². The Labute approximate surface area is 212 Å². The third-order valence-electron chi connectivity index (χ3n) is 5.90. The summed E-state index contributed by atoms with van der Waals surface area (Å²) in [7, 11) is -3.60. The number of anilines is 1. The van der Waals surface area contributed by atoms with E-state index in [-0.39, 0.29) is 4.90 Å². The third kappa shape index (κ3) is 4.77. The molecule has 0 radical (unpaired) electrons. The Morgan fingerprint density at radius 3 is 2.56 bits per heavy atom. The van der Waals surface area contributed by atoms with E-state index in [9.17, 15) is 18.0 Å². The van der Waals surface area contributed by atoms with Crippen molar-refractivity contribution in [3.63, 3.8) is 0 Å². The normalized spacial score (nSPS) is 14.2. The summed E-state index contributed by atoms with van der Waals surface area (Å²) in [5.74, 6) is -1.18. The lowest BCUT2D eigenvalue weighted by Crippen LogP contribution is -2.28. The second-order valence-electron chi connectivity index (χ2n) is 8.43. The van der Waals surface area contributed by atoms with Crippen molar-refractivity contribution < 1.29 is 22.7 Å². The van der Waals surface area contributed by atoms with Crippen LogP contribution in [-0.4, -0.2) is 54.1 Å². The maximum atomic E-state index is 12.8. The lowest BCUT2D eigenvalue weighted by Gasteiger charge is -2.16. The van der Waals surface area contributed by atoms with E-state index in [0.717, 1.165) is 34.4 Å². The fourth-order valence-electron chi connectivity index (χ4n) is 4.10. The minimum Gasteiger partial charge on any atom is -0.451 e. The number of thiophene rings is 1. The summed E-state index contributed by atoms with van der Waals surface area (Å²) in [5.41, 5.74) is 1.98. The highest BCUT2D eigenvalue weighted by Crippen LogP contribution is 2.31. The van der Waals surface area contributed by atoms with Crippen molar-refractivity contribution in [2.24, 2.45) is 0 Å². The molecule has 0 aliphatic carbocycles. The molecule has 186 valence electrons. The number of hydrogen-bond acceptors (Lipinski definition) is 7. The molecule has 0 unspecified atom stereocenters. The molecular weight excluding hydrogens is 500 g/mol. The molecule has 9 nitrogen and oxygen atoms in total. The van der Waals surface area contributed by atoms with E-state index in [1.807, 2.05) is 37.3 Å². The van der Waals surface area contributed by atoms with Gasteiger partial charge >= 0.3 is 5.97 Å². The van der Waals surface area contributed by atoms with Crippen LogP contribution in [0.15, 0.2) is 65.6 Å². The van der Waals surface area contributed by atoms with E-state index < -0.39 is 28.5 Å². The molecule has 1 saturated heterocycles. The number of sulfonamides is 1. The molecular formula is C25H24N4O5S2. The fourth-order valence-corrected chi connectivity index (χ4v) is 6.74. The van der Waals surface area contributed by atoms with Crippen molar-refractivity contribution in [1.82, 2.24) is 14.1 Å². The standard InChI is InChI=1S/C25H24N4O5S2/c1-17-21-15-22(35-24(21)29(27-17)19-9-3-2-4-10-19)25(31)34-16-23(30)26-18-8-7-11-20(14-18)36(32,33)28-12-5-6-13-28/h2-4,7-11,14-15H,5-6,12-13,16H2,1H3,(H,26,30). The summed E-state index contributed by atoms with van der Waals surface area (Å²) >= 11 is 1.24. The molecule has 1 aliphatic rings. The van der Waals surface area contributed by atoms with Gasteiger partial charge in [0.25, 0.3) is 5.91 Å². The Balaban J connectivity index is 1.24. The largest absolute Gasteiger partial charge is 0.451 e. The number of aryl methyl sites for hydroxylation is 1. The molecule has 1 amide bonds. The molecule has 3 heterocycles. The van der Waals surface area contributed by atoms with E-state index in [1.54, 1.807) is 22.9 Å². The molecule has 0 bridgehead atoms. The highest BCUT2D eigenvalue weighted by atomic mass is 32.2. The predicted octanol–water partition coefficient (Wildman–Crippen LogP) is 3.98. The highest BCUT2D eigenvalue weighted by molar-refractivity contribution is 7.89. The van der Waals surface area contributed by atoms with E-state index in [0.29, 0.717) is 23.7 Å². The van der Waals surface area contributed by atoms with Crippen LogP contribution in [-0.2, 0) is 19.6 Å². The predicted molar refractivity (Wildman–Crippen MR) is 137 cm³/mol. The number of nitrogens with zero attached hydrogens (tertiary/aromatic N) is 3. The van der Waals surface area contributed by atoms with Gasteiger partial charge in [0.2, 0.25) is 10.0 Å². The van der Waals surface area contributed by atoms with Crippen molar-refractivity contribution in [3.05, 3.63) is 71.2 Å². The first kappa shape index (κ1) is 24.2. The molecule has 1 N–H and O–H groups in total. The Bertz CT molecular complexity index is 1540. The molecule has 2 aromatic carbocycles. The number of fused-ring (bicyclic) bond motifs is 1. The summed E-state index contributed by atoms with van der Waals surface area (Å²) in [6.07, 6.45) is 1.68. The van der Waals surface area contributed by atoms with Gasteiger partial charge in [0.05, 0.1) is 16.3 Å². The maximum absolute atomic E-state index is 12.8. The summed E-state index contributed by atoms with van der Waals surface area (Å²) in [6, 6.07) is 17.4. The van der Waals surface area contributed by atoms with Crippen LogP contribution in [0.4, 0.5) is 5.69 Å². The SMILES string of the molecule is Cc1nn(-c2ccccc2)c2sc(C(=O)OCC(=O)Nc3cccc(S(=O)(=O)N4CCCC4)c3)cc12. The lowest BCUT2D eigenvalue weighted by molar-refractivity contribution is -0.119. The first-order valence-electron chi connectivity index (χ1n) is 11.4. The number of carbonyl (C=O) groups excluding carboxylic acids is 2. The highest BCUT2D eigenvalue weighted by Gasteiger charge is 2.27. The molecule has 4 aromatic rings. The quantitative estimate of drug-likeness (QED) is 0.366. The number of aromatic nitrogens is 2. The zero-order chi connectivity index (χ0) is 25.3. The topological polar surface area (TPSA) is 111 Å². The van der Waals surface area contributed by atoms with Crippen LogP contribution >= 0.6 is 11.3 Å². The smallest absolute Gasteiger partial charge is 0.348 e. The van der Waals surface area contributed by atoms with Crippen LogP contribution in [0.3, 0.4) is 0 Å². The lowest BCUT2D eigenvalue weighted by atomic mass is 10.3. The Morgan fingerprint density at radius 2 is 1.81 bits per heavy atom. The van der Waals surface area contributed by atoms with Gasteiger partial charge < -0.3 is 10.1 Å². The number of para-hydroxylation sites is 1. The number of nitrogens with one attached hydrogen (secondary N) is 1. The van der Waals surface area contributed by atoms with Gasteiger partial charge in [0, 0.05) is 24.2 Å². The number of benzene rings is 2. The first-order chi connectivity index (χ1) is 17.3. The summed E-state index contributed by atoms with van der Waals surface area (Å²) in [4.78, 5) is 26.4. The minimum atomic E-state index is -3.60. The van der Waals surface area contributed by atoms with Gasteiger partial charge in [-0.2, -0.15) is 9.40 Å². The number of rotatable bonds is 7.